The fourth-order valence-electron chi connectivity index (χ4n) is 2.09. The number of aromatic amines is 1. The number of aromatic nitrogens is 3. The van der Waals surface area contributed by atoms with E-state index in [-0.39, 0.29) is 10.8 Å². The van der Waals surface area contributed by atoms with Crippen molar-refractivity contribution in [1.82, 2.24) is 19.9 Å². The first-order valence-electron chi connectivity index (χ1n) is 7.28. The van der Waals surface area contributed by atoms with Crippen molar-refractivity contribution in [3.8, 4) is 17.1 Å². The molecule has 10 heteroatoms. The Kier molecular flexibility index (Phi) is 5.38. The Balaban J connectivity index is 1.60. The summed E-state index contributed by atoms with van der Waals surface area (Å²) < 4.78 is 32.5. The number of H-pyrrole nitrogens is 1. The van der Waals surface area contributed by atoms with Gasteiger partial charge in [-0.15, -0.1) is 11.3 Å². The molecule has 0 unspecified atom stereocenters. The van der Waals surface area contributed by atoms with E-state index in [1.165, 1.54) is 6.07 Å². The van der Waals surface area contributed by atoms with Gasteiger partial charge in [-0.05, 0) is 36.4 Å². The maximum Gasteiger partial charge on any atom is 0.250 e. The molecule has 0 atom stereocenters. The quantitative estimate of drug-likeness (QED) is 0.637. The van der Waals surface area contributed by atoms with Gasteiger partial charge in [0.15, 0.2) is 5.82 Å². The van der Waals surface area contributed by atoms with Gasteiger partial charge in [0.05, 0.1) is 11.4 Å². The summed E-state index contributed by atoms with van der Waals surface area (Å²) in [5.41, 5.74) is 0.845. The summed E-state index contributed by atoms with van der Waals surface area (Å²) in [5.74, 6) is 1.89. The number of thiophene rings is 1. The van der Waals surface area contributed by atoms with Crippen LogP contribution in [-0.2, 0) is 16.4 Å². The average Bonchev–Trinajstić information content (AvgIpc) is 3.24. The van der Waals surface area contributed by atoms with Crippen LogP contribution in [0.15, 0.2) is 40.6 Å². The molecule has 0 aliphatic rings. The zero-order chi connectivity index (χ0) is 17.9. The van der Waals surface area contributed by atoms with Gasteiger partial charge in [0.25, 0.3) is 0 Å². The highest BCUT2D eigenvalue weighted by Gasteiger charge is 2.16. The third kappa shape index (κ3) is 4.37. The van der Waals surface area contributed by atoms with E-state index in [0.29, 0.717) is 22.4 Å². The fraction of sp³-hybridized carbons (Fsp3) is 0.200. The maximum atomic E-state index is 12.1. The highest BCUT2D eigenvalue weighted by Crippen LogP contribution is 2.25. The Morgan fingerprint density at radius 2 is 2.00 bits per heavy atom. The summed E-state index contributed by atoms with van der Waals surface area (Å²) in [6, 6.07) is 10.4. The molecule has 2 N–H and O–H groups in total. The van der Waals surface area contributed by atoms with Crippen molar-refractivity contribution < 1.29 is 13.2 Å². The molecule has 0 saturated heterocycles. The summed E-state index contributed by atoms with van der Waals surface area (Å²) >= 11 is 6.79. The summed E-state index contributed by atoms with van der Waals surface area (Å²) in [7, 11) is -1.95. The number of sulfonamides is 1. The predicted octanol–water partition coefficient (Wildman–Crippen LogP) is 2.72. The van der Waals surface area contributed by atoms with Crippen LogP contribution in [0.5, 0.6) is 5.75 Å². The van der Waals surface area contributed by atoms with Gasteiger partial charge in [0.2, 0.25) is 10.0 Å². The van der Waals surface area contributed by atoms with E-state index in [1.54, 1.807) is 13.2 Å². The van der Waals surface area contributed by atoms with E-state index in [1.807, 2.05) is 24.3 Å². The lowest BCUT2D eigenvalue weighted by molar-refractivity contribution is 0.415. The van der Waals surface area contributed by atoms with Crippen LogP contribution in [0.25, 0.3) is 11.4 Å². The highest BCUT2D eigenvalue weighted by molar-refractivity contribution is 7.91. The minimum absolute atomic E-state index is 0.189. The first-order valence-corrected chi connectivity index (χ1v) is 9.96. The molecule has 132 valence electrons. The lowest BCUT2D eigenvalue weighted by atomic mass is 10.2. The van der Waals surface area contributed by atoms with Crippen molar-refractivity contribution in [1.29, 1.82) is 0 Å². The van der Waals surface area contributed by atoms with Gasteiger partial charge in [-0.2, -0.15) is 5.10 Å². The molecule has 3 aromatic rings. The van der Waals surface area contributed by atoms with E-state index >= 15 is 0 Å². The van der Waals surface area contributed by atoms with Crippen molar-refractivity contribution in [3.63, 3.8) is 0 Å². The smallest absolute Gasteiger partial charge is 0.250 e. The van der Waals surface area contributed by atoms with Crippen molar-refractivity contribution in [2.24, 2.45) is 0 Å². The van der Waals surface area contributed by atoms with E-state index in [0.717, 1.165) is 22.6 Å². The molecule has 2 heterocycles. The summed E-state index contributed by atoms with van der Waals surface area (Å²) in [4.78, 5) is 4.37. The fourth-order valence-corrected chi connectivity index (χ4v) is 4.65. The predicted molar refractivity (Wildman–Crippen MR) is 96.6 cm³/mol. The van der Waals surface area contributed by atoms with E-state index in [2.05, 4.69) is 19.9 Å². The number of hydrogen-bond acceptors (Lipinski definition) is 6. The van der Waals surface area contributed by atoms with E-state index in [4.69, 9.17) is 16.3 Å². The van der Waals surface area contributed by atoms with Crippen LogP contribution in [0.3, 0.4) is 0 Å². The number of rotatable bonds is 7. The molecule has 7 nitrogen and oxygen atoms in total. The lowest BCUT2D eigenvalue weighted by Gasteiger charge is -2.02. The Bertz CT molecular complexity index is 951. The second kappa shape index (κ2) is 7.52. The summed E-state index contributed by atoms with van der Waals surface area (Å²) in [6.45, 7) is 0.203. The van der Waals surface area contributed by atoms with Crippen molar-refractivity contribution in [2.45, 2.75) is 10.6 Å². The minimum atomic E-state index is -3.55. The maximum absolute atomic E-state index is 12.1. The second-order valence-electron chi connectivity index (χ2n) is 5.04. The molecule has 25 heavy (non-hydrogen) atoms. The van der Waals surface area contributed by atoms with Crippen LogP contribution in [0.2, 0.25) is 4.34 Å². The molecular weight excluding hydrogens is 384 g/mol. The number of hydrogen-bond donors (Lipinski definition) is 2. The monoisotopic (exact) mass is 398 g/mol. The number of ether oxygens (including phenoxy) is 1. The number of methoxy groups -OCH3 is 1. The van der Waals surface area contributed by atoms with Gasteiger partial charge >= 0.3 is 0 Å². The molecule has 3 rings (SSSR count). The first kappa shape index (κ1) is 17.9. The molecule has 0 saturated carbocycles. The van der Waals surface area contributed by atoms with Crippen LogP contribution in [0.1, 0.15) is 5.82 Å². The number of benzene rings is 1. The van der Waals surface area contributed by atoms with Crippen LogP contribution < -0.4 is 9.46 Å². The molecule has 0 aliphatic heterocycles. The van der Waals surface area contributed by atoms with Gasteiger partial charge < -0.3 is 4.74 Å². The van der Waals surface area contributed by atoms with Gasteiger partial charge in [-0.1, -0.05) is 11.6 Å². The number of halogens is 1. The molecule has 2 aromatic heterocycles. The molecule has 0 aliphatic carbocycles. The van der Waals surface area contributed by atoms with Gasteiger partial charge in [0.1, 0.15) is 15.8 Å². The van der Waals surface area contributed by atoms with Crippen LogP contribution >= 0.6 is 22.9 Å². The number of nitrogens with zero attached hydrogens (tertiary/aromatic N) is 2. The van der Waals surface area contributed by atoms with Crippen LogP contribution in [0, 0.1) is 0 Å². The largest absolute Gasteiger partial charge is 0.497 e. The van der Waals surface area contributed by atoms with Gasteiger partial charge in [-0.25, -0.2) is 18.1 Å². The molecule has 0 amide bonds. The van der Waals surface area contributed by atoms with E-state index < -0.39 is 10.0 Å². The Morgan fingerprint density at radius 3 is 2.64 bits per heavy atom. The SMILES string of the molecule is COc1ccc(-c2n[nH]c(CCNS(=O)(=O)c3ccc(Cl)s3)n2)cc1. The zero-order valence-corrected chi connectivity index (χ0v) is 15.6. The van der Waals surface area contributed by atoms with Crippen molar-refractivity contribution in [2.75, 3.05) is 13.7 Å². The molecule has 0 bridgehead atoms. The molecule has 0 fully saturated rings. The summed E-state index contributed by atoms with van der Waals surface area (Å²) in [5, 5.41) is 6.97. The van der Waals surface area contributed by atoms with Gasteiger partial charge in [0, 0.05) is 18.5 Å². The van der Waals surface area contributed by atoms with E-state index in [9.17, 15) is 8.42 Å². The molecule has 1 aromatic carbocycles. The third-order valence-corrected chi connectivity index (χ3v) is 6.53. The Morgan fingerprint density at radius 1 is 1.24 bits per heavy atom. The minimum Gasteiger partial charge on any atom is -0.497 e. The standard InChI is InChI=1S/C15H15ClN4O3S2/c1-23-11-4-2-10(3-5-11)15-18-13(19-20-15)8-9-17-25(21,22)14-7-6-12(16)24-14/h2-7,17H,8-9H2,1H3,(H,18,19,20). The lowest BCUT2D eigenvalue weighted by Crippen LogP contribution is -2.25. The normalized spacial score (nSPS) is 11.6. The highest BCUT2D eigenvalue weighted by atomic mass is 35.5. The first-order chi connectivity index (χ1) is 12.0. The second-order valence-corrected chi connectivity index (χ2v) is 8.75. The Hall–Kier alpha value is -1.94. The molecular formula is C15H15ClN4O3S2. The van der Waals surface area contributed by atoms with Crippen molar-refractivity contribution >= 4 is 33.0 Å². The van der Waals surface area contributed by atoms with Crippen molar-refractivity contribution in [3.05, 3.63) is 46.6 Å². The molecule has 0 radical (unpaired) electrons. The third-order valence-electron chi connectivity index (χ3n) is 3.35. The topological polar surface area (TPSA) is 97.0 Å². The molecule has 0 spiro atoms. The van der Waals surface area contributed by atoms with Crippen LogP contribution in [-0.4, -0.2) is 37.3 Å². The number of nitrogens with one attached hydrogen (secondary N) is 2. The summed E-state index contributed by atoms with van der Waals surface area (Å²) in [6.07, 6.45) is 0.390. The Labute approximate surface area is 154 Å². The van der Waals surface area contributed by atoms with Crippen LogP contribution in [0.4, 0.5) is 0 Å². The zero-order valence-electron chi connectivity index (χ0n) is 13.2. The average molecular weight is 399 g/mol. The van der Waals surface area contributed by atoms with Gasteiger partial charge in [-0.3, -0.25) is 5.10 Å².